The number of hydrogen-bond donors (Lipinski definition) is 2. The Morgan fingerprint density at radius 2 is 2.00 bits per heavy atom. The van der Waals surface area contributed by atoms with E-state index in [-0.39, 0.29) is 32.9 Å². The predicted molar refractivity (Wildman–Crippen MR) is 86.5 cm³/mol. The van der Waals surface area contributed by atoms with Crippen LogP contribution in [-0.4, -0.2) is 25.6 Å². The lowest BCUT2D eigenvalue weighted by molar-refractivity contribution is -0.142. The molecule has 1 amide bonds. The van der Waals surface area contributed by atoms with Gasteiger partial charge in [-0.15, -0.1) is 0 Å². The number of fused-ring (bicyclic) bond motifs is 1. The largest absolute Gasteiger partial charge is 0.506 e. The molecule has 0 radical (unpaired) electrons. The number of aromatic nitrogens is 3. The van der Waals surface area contributed by atoms with E-state index in [1.807, 2.05) is 0 Å². The van der Waals surface area contributed by atoms with Crippen LogP contribution in [0.15, 0.2) is 34.8 Å². The highest BCUT2D eigenvalue weighted by Crippen LogP contribution is 2.32. The number of aryl methyl sites for hydroxylation is 1. The van der Waals surface area contributed by atoms with E-state index in [0.29, 0.717) is 4.52 Å². The van der Waals surface area contributed by atoms with E-state index in [1.54, 1.807) is 12.1 Å². The second-order valence-electron chi connectivity index (χ2n) is 5.15. The van der Waals surface area contributed by atoms with Crippen molar-refractivity contribution in [1.82, 2.24) is 14.6 Å². The van der Waals surface area contributed by atoms with E-state index in [0.717, 1.165) is 6.07 Å². The minimum Gasteiger partial charge on any atom is -0.506 e. The van der Waals surface area contributed by atoms with Crippen molar-refractivity contribution < 1.29 is 23.1 Å². The molecular formula is C15H10BrF3N4O2. The number of benzene rings is 1. The molecule has 0 aliphatic rings. The van der Waals surface area contributed by atoms with Crippen molar-refractivity contribution >= 4 is 33.2 Å². The van der Waals surface area contributed by atoms with E-state index in [4.69, 9.17) is 0 Å². The van der Waals surface area contributed by atoms with Crippen LogP contribution < -0.4 is 5.32 Å². The maximum atomic E-state index is 13.2. The van der Waals surface area contributed by atoms with Gasteiger partial charge in [0.15, 0.2) is 11.3 Å². The number of carbonyl (C=O) groups is 1. The molecule has 3 aromatic rings. The summed E-state index contributed by atoms with van der Waals surface area (Å²) >= 11 is 3.08. The van der Waals surface area contributed by atoms with Crippen LogP contribution in [0.5, 0.6) is 5.75 Å². The van der Waals surface area contributed by atoms with Crippen LogP contribution in [0.3, 0.4) is 0 Å². The maximum Gasteiger partial charge on any atom is 0.433 e. The molecule has 0 saturated carbocycles. The number of nitrogens with zero attached hydrogens (tertiary/aromatic N) is 3. The third kappa shape index (κ3) is 3.16. The van der Waals surface area contributed by atoms with Crippen LogP contribution >= 0.6 is 15.9 Å². The van der Waals surface area contributed by atoms with Gasteiger partial charge in [0.05, 0.1) is 10.2 Å². The molecule has 2 heterocycles. The average molecular weight is 415 g/mol. The van der Waals surface area contributed by atoms with Gasteiger partial charge in [-0.25, -0.2) is 9.50 Å². The first-order chi connectivity index (χ1) is 11.7. The number of phenolic OH excluding ortho intramolecular Hbond substituents is 1. The number of anilines is 1. The van der Waals surface area contributed by atoms with E-state index < -0.39 is 17.8 Å². The van der Waals surface area contributed by atoms with Crippen LogP contribution in [0.25, 0.3) is 5.65 Å². The molecule has 0 atom stereocenters. The van der Waals surface area contributed by atoms with Gasteiger partial charge in [0.1, 0.15) is 11.4 Å². The third-order valence-electron chi connectivity index (χ3n) is 3.32. The summed E-state index contributed by atoms with van der Waals surface area (Å²) in [6.07, 6.45) is -4.66. The number of carbonyl (C=O) groups excluding carboxylic acids is 1. The smallest absolute Gasteiger partial charge is 0.433 e. The van der Waals surface area contributed by atoms with Crippen molar-refractivity contribution in [2.45, 2.75) is 13.1 Å². The van der Waals surface area contributed by atoms with Gasteiger partial charge in [0, 0.05) is 5.69 Å². The van der Waals surface area contributed by atoms with Gasteiger partial charge in [-0.2, -0.15) is 18.3 Å². The van der Waals surface area contributed by atoms with Crippen molar-refractivity contribution in [2.75, 3.05) is 5.32 Å². The Bertz CT molecular complexity index is 985. The normalized spacial score (nSPS) is 11.7. The molecule has 0 unspecified atom stereocenters. The Kier molecular flexibility index (Phi) is 4.15. The van der Waals surface area contributed by atoms with E-state index in [2.05, 4.69) is 31.3 Å². The number of hydrogen-bond acceptors (Lipinski definition) is 4. The highest BCUT2D eigenvalue weighted by atomic mass is 79.9. The van der Waals surface area contributed by atoms with Crippen LogP contribution in [-0.2, 0) is 6.18 Å². The topological polar surface area (TPSA) is 79.5 Å². The summed E-state index contributed by atoms with van der Waals surface area (Å²) in [7, 11) is 0. The number of alkyl halides is 3. The zero-order valence-corrected chi connectivity index (χ0v) is 14.2. The summed E-state index contributed by atoms with van der Waals surface area (Å²) in [6, 6.07) is 6.80. The first-order valence-electron chi connectivity index (χ1n) is 6.91. The lowest BCUT2D eigenvalue weighted by Gasteiger charge is -2.09. The molecule has 6 nitrogen and oxygen atoms in total. The monoisotopic (exact) mass is 414 g/mol. The van der Waals surface area contributed by atoms with Crippen LogP contribution in [0.2, 0.25) is 0 Å². The van der Waals surface area contributed by atoms with Gasteiger partial charge in [-0.05, 0) is 41.1 Å². The molecule has 0 saturated heterocycles. The molecular weight excluding hydrogens is 405 g/mol. The average Bonchev–Trinajstić information content (AvgIpc) is 2.85. The first kappa shape index (κ1) is 17.2. The van der Waals surface area contributed by atoms with Gasteiger partial charge in [-0.1, -0.05) is 12.1 Å². The quantitative estimate of drug-likeness (QED) is 0.625. The highest BCUT2D eigenvalue weighted by Gasteiger charge is 2.36. The van der Waals surface area contributed by atoms with Crippen LogP contribution in [0, 0.1) is 6.92 Å². The number of aromatic hydroxyl groups is 1. The fourth-order valence-electron chi connectivity index (χ4n) is 2.22. The molecule has 3 rings (SSSR count). The molecule has 2 aromatic heterocycles. The van der Waals surface area contributed by atoms with Crippen molar-refractivity contribution in [3.63, 3.8) is 0 Å². The molecule has 0 aliphatic carbocycles. The second-order valence-corrected chi connectivity index (χ2v) is 5.94. The predicted octanol–water partition coefficient (Wildman–Crippen LogP) is 3.78. The van der Waals surface area contributed by atoms with Crippen molar-refractivity contribution in [2.24, 2.45) is 0 Å². The molecule has 130 valence electrons. The fraction of sp³-hybridized carbons (Fsp3) is 0.133. The Hall–Kier alpha value is -2.62. The van der Waals surface area contributed by atoms with Gasteiger partial charge < -0.3 is 10.4 Å². The molecule has 1 aromatic carbocycles. The lowest BCUT2D eigenvalue weighted by Crippen LogP contribution is -2.16. The Morgan fingerprint density at radius 1 is 1.32 bits per heavy atom. The summed E-state index contributed by atoms with van der Waals surface area (Å²) in [6.45, 7) is 1.41. The molecule has 25 heavy (non-hydrogen) atoms. The summed E-state index contributed by atoms with van der Waals surface area (Å²) in [5.74, 6) is -0.967. The number of rotatable bonds is 2. The second kappa shape index (κ2) is 6.03. The minimum atomic E-state index is -4.66. The summed E-state index contributed by atoms with van der Waals surface area (Å²) in [4.78, 5) is 16.4. The first-order valence-corrected chi connectivity index (χ1v) is 7.70. The number of amides is 1. The summed E-state index contributed by atoms with van der Waals surface area (Å²) in [5, 5.41) is 15.8. The molecule has 0 fully saturated rings. The highest BCUT2D eigenvalue weighted by molar-refractivity contribution is 9.10. The zero-order valence-electron chi connectivity index (χ0n) is 12.6. The van der Waals surface area contributed by atoms with E-state index >= 15 is 0 Å². The number of phenols is 1. The Morgan fingerprint density at radius 3 is 2.64 bits per heavy atom. The van der Waals surface area contributed by atoms with E-state index in [9.17, 15) is 23.1 Å². The fourth-order valence-corrected chi connectivity index (χ4v) is 2.74. The van der Waals surface area contributed by atoms with Crippen LogP contribution in [0.4, 0.5) is 18.9 Å². The number of halogens is 4. The number of para-hydroxylation sites is 2. The van der Waals surface area contributed by atoms with Gasteiger partial charge >= 0.3 is 6.18 Å². The Labute approximate surface area is 147 Å². The molecule has 0 spiro atoms. The summed E-state index contributed by atoms with van der Waals surface area (Å²) in [5.41, 5.74) is -1.22. The standard InChI is InChI=1S/C15H10BrF3N4O2/c1-7-6-10(15(17,18)19)23-13(20-7)11(16)12(22-23)14(25)21-8-4-2-3-5-9(8)24/h2-6,24H,1H3,(H,21,25). The SMILES string of the molecule is Cc1cc(C(F)(F)F)n2nc(C(=O)Nc3ccccc3O)c(Br)c2n1. The van der Waals surface area contributed by atoms with E-state index in [1.165, 1.54) is 19.1 Å². The van der Waals surface area contributed by atoms with Gasteiger partial charge in [0.2, 0.25) is 0 Å². The van der Waals surface area contributed by atoms with Crippen molar-refractivity contribution in [3.05, 3.63) is 51.9 Å². The van der Waals surface area contributed by atoms with Crippen molar-refractivity contribution in [3.8, 4) is 5.75 Å². The zero-order chi connectivity index (χ0) is 18.4. The van der Waals surface area contributed by atoms with Gasteiger partial charge in [-0.3, -0.25) is 4.79 Å². The maximum absolute atomic E-state index is 13.2. The van der Waals surface area contributed by atoms with Crippen molar-refractivity contribution in [1.29, 1.82) is 0 Å². The molecule has 0 bridgehead atoms. The molecule has 10 heteroatoms. The minimum absolute atomic E-state index is 0.0228. The number of nitrogens with one attached hydrogen (secondary N) is 1. The molecule has 0 aliphatic heterocycles. The van der Waals surface area contributed by atoms with Gasteiger partial charge in [0.25, 0.3) is 5.91 Å². The Balaban J connectivity index is 2.10. The lowest BCUT2D eigenvalue weighted by atomic mass is 10.3. The molecule has 2 N–H and O–H groups in total. The third-order valence-corrected chi connectivity index (χ3v) is 4.05. The summed E-state index contributed by atoms with van der Waals surface area (Å²) < 4.78 is 40.2. The van der Waals surface area contributed by atoms with Crippen LogP contribution in [0.1, 0.15) is 21.9 Å².